The molecule has 0 fully saturated rings. The summed E-state index contributed by atoms with van der Waals surface area (Å²) in [5.74, 6) is -0.896. The molecule has 1 N–H and O–H groups in total. The SMILES string of the molecule is CCC(C)c1cc(C(=O)[O-])c(C)cc1O.[K+]. The maximum Gasteiger partial charge on any atom is 1.00 e. The maximum absolute atomic E-state index is 10.8. The summed E-state index contributed by atoms with van der Waals surface area (Å²) >= 11 is 0. The third kappa shape index (κ3) is 3.57. The van der Waals surface area contributed by atoms with Gasteiger partial charge in [-0.3, -0.25) is 0 Å². The number of carbonyl (C=O) groups excluding carboxylic acids is 1. The van der Waals surface area contributed by atoms with Crippen LogP contribution in [0.15, 0.2) is 12.1 Å². The van der Waals surface area contributed by atoms with Crippen LogP contribution in [0.5, 0.6) is 5.75 Å². The molecule has 1 aromatic carbocycles. The van der Waals surface area contributed by atoms with Gasteiger partial charge in [-0.1, -0.05) is 13.8 Å². The van der Waals surface area contributed by atoms with Crippen LogP contribution >= 0.6 is 0 Å². The Morgan fingerprint density at radius 1 is 1.50 bits per heavy atom. The Bertz CT molecular complexity index is 388. The molecule has 0 aliphatic rings. The Morgan fingerprint density at radius 2 is 2.06 bits per heavy atom. The summed E-state index contributed by atoms with van der Waals surface area (Å²) in [5, 5.41) is 20.5. The van der Waals surface area contributed by atoms with Crippen molar-refractivity contribution in [2.75, 3.05) is 0 Å². The molecule has 3 nitrogen and oxygen atoms in total. The molecule has 0 aliphatic heterocycles. The molecule has 0 bridgehead atoms. The Morgan fingerprint density at radius 3 is 2.50 bits per heavy atom. The van der Waals surface area contributed by atoms with Crippen molar-refractivity contribution >= 4 is 5.97 Å². The van der Waals surface area contributed by atoms with Gasteiger partial charge in [0, 0.05) is 5.56 Å². The van der Waals surface area contributed by atoms with E-state index >= 15 is 0 Å². The first-order chi connectivity index (χ1) is 6.97. The van der Waals surface area contributed by atoms with Crippen molar-refractivity contribution in [2.24, 2.45) is 0 Å². The monoisotopic (exact) mass is 246 g/mol. The zero-order valence-corrected chi connectivity index (χ0v) is 13.3. The first kappa shape index (κ1) is 16.1. The summed E-state index contributed by atoms with van der Waals surface area (Å²) in [5.41, 5.74) is 1.35. The third-order valence-electron chi connectivity index (χ3n) is 2.74. The van der Waals surface area contributed by atoms with Crippen molar-refractivity contribution < 1.29 is 66.4 Å². The van der Waals surface area contributed by atoms with Crippen molar-refractivity contribution in [1.82, 2.24) is 0 Å². The van der Waals surface area contributed by atoms with Gasteiger partial charge in [-0.2, -0.15) is 0 Å². The predicted molar refractivity (Wildman–Crippen MR) is 55.9 cm³/mol. The zero-order chi connectivity index (χ0) is 11.6. The summed E-state index contributed by atoms with van der Waals surface area (Å²) in [6.07, 6.45) is 0.850. The van der Waals surface area contributed by atoms with Crippen LogP contribution in [0.1, 0.15) is 47.7 Å². The minimum Gasteiger partial charge on any atom is -0.545 e. The van der Waals surface area contributed by atoms with E-state index in [0.717, 1.165) is 6.42 Å². The molecule has 16 heavy (non-hydrogen) atoms. The van der Waals surface area contributed by atoms with E-state index in [2.05, 4.69) is 0 Å². The van der Waals surface area contributed by atoms with Crippen LogP contribution in [-0.4, -0.2) is 11.1 Å². The largest absolute Gasteiger partial charge is 1.00 e. The van der Waals surface area contributed by atoms with E-state index < -0.39 is 5.97 Å². The number of hydrogen-bond acceptors (Lipinski definition) is 3. The van der Waals surface area contributed by atoms with Crippen molar-refractivity contribution in [1.29, 1.82) is 0 Å². The standard InChI is InChI=1S/C12H16O3.K/c1-4-7(2)9-6-10(12(14)15)8(3)5-11(9)13;/h5-7,13H,4H2,1-3H3,(H,14,15);/q;+1/p-1. The van der Waals surface area contributed by atoms with Gasteiger partial charge < -0.3 is 15.0 Å². The van der Waals surface area contributed by atoms with Gasteiger partial charge in [-0.25, -0.2) is 0 Å². The van der Waals surface area contributed by atoms with E-state index in [9.17, 15) is 15.0 Å². The van der Waals surface area contributed by atoms with E-state index in [-0.39, 0.29) is 68.6 Å². The van der Waals surface area contributed by atoms with Gasteiger partial charge in [0.05, 0.1) is 5.97 Å². The van der Waals surface area contributed by atoms with Crippen LogP contribution in [0.2, 0.25) is 0 Å². The molecule has 0 amide bonds. The fraction of sp³-hybridized carbons (Fsp3) is 0.417. The van der Waals surface area contributed by atoms with Gasteiger partial charge in [0.1, 0.15) is 5.75 Å². The van der Waals surface area contributed by atoms with Gasteiger partial charge in [-0.15, -0.1) is 0 Å². The van der Waals surface area contributed by atoms with Crippen molar-refractivity contribution in [3.05, 3.63) is 28.8 Å². The average molecular weight is 246 g/mol. The Balaban J connectivity index is 0.00000225. The molecule has 0 heterocycles. The van der Waals surface area contributed by atoms with E-state index in [1.165, 1.54) is 12.1 Å². The van der Waals surface area contributed by atoms with Gasteiger partial charge in [0.15, 0.2) is 0 Å². The minimum atomic E-state index is -1.20. The van der Waals surface area contributed by atoms with E-state index in [1.807, 2.05) is 13.8 Å². The molecular weight excluding hydrogens is 231 g/mol. The van der Waals surface area contributed by atoms with E-state index in [1.54, 1.807) is 6.92 Å². The van der Waals surface area contributed by atoms with Gasteiger partial charge in [0.25, 0.3) is 0 Å². The molecule has 0 aromatic heterocycles. The normalized spacial score (nSPS) is 11.7. The fourth-order valence-corrected chi connectivity index (χ4v) is 1.54. The number of aromatic hydroxyl groups is 1. The molecule has 1 unspecified atom stereocenters. The number of carboxylic acids is 1. The molecule has 0 aliphatic carbocycles. The molecular formula is C12H15KO3. The van der Waals surface area contributed by atoms with Crippen LogP contribution in [0, 0.1) is 6.92 Å². The molecule has 1 rings (SSSR count). The summed E-state index contributed by atoms with van der Waals surface area (Å²) in [7, 11) is 0. The molecule has 1 atom stereocenters. The topological polar surface area (TPSA) is 60.4 Å². The molecule has 1 aromatic rings. The summed E-state index contributed by atoms with van der Waals surface area (Å²) < 4.78 is 0. The quantitative estimate of drug-likeness (QED) is 0.666. The number of aromatic carboxylic acids is 1. The van der Waals surface area contributed by atoms with Crippen LogP contribution < -0.4 is 56.5 Å². The van der Waals surface area contributed by atoms with Crippen molar-refractivity contribution in [3.8, 4) is 5.75 Å². The number of hydrogen-bond donors (Lipinski definition) is 1. The van der Waals surface area contributed by atoms with Crippen LogP contribution in [0.25, 0.3) is 0 Å². The van der Waals surface area contributed by atoms with E-state index in [0.29, 0.717) is 11.1 Å². The van der Waals surface area contributed by atoms with E-state index in [4.69, 9.17) is 0 Å². The molecule has 82 valence electrons. The second kappa shape index (κ2) is 6.76. The number of carbonyl (C=O) groups is 1. The fourth-order valence-electron chi connectivity index (χ4n) is 1.54. The number of rotatable bonds is 3. The smallest absolute Gasteiger partial charge is 0.545 e. The number of benzene rings is 1. The average Bonchev–Trinajstić information content (AvgIpc) is 2.16. The number of phenolic OH excluding ortho intramolecular Hbond substituents is 1. The second-order valence-corrected chi connectivity index (χ2v) is 3.82. The van der Waals surface area contributed by atoms with Gasteiger partial charge in [0.2, 0.25) is 0 Å². The summed E-state index contributed by atoms with van der Waals surface area (Å²) in [6, 6.07) is 2.99. The Hall–Kier alpha value is 0.126. The maximum atomic E-state index is 10.8. The minimum absolute atomic E-state index is 0. The first-order valence-electron chi connectivity index (χ1n) is 5.02. The number of aryl methyl sites for hydroxylation is 1. The molecule has 0 spiro atoms. The first-order valence-corrected chi connectivity index (χ1v) is 5.02. The molecule has 0 saturated carbocycles. The number of phenols is 1. The van der Waals surface area contributed by atoms with Crippen molar-refractivity contribution in [3.63, 3.8) is 0 Å². The molecule has 0 radical (unpaired) electrons. The van der Waals surface area contributed by atoms with Crippen LogP contribution in [0.4, 0.5) is 0 Å². The van der Waals surface area contributed by atoms with Crippen molar-refractivity contribution in [2.45, 2.75) is 33.1 Å². The second-order valence-electron chi connectivity index (χ2n) is 3.82. The van der Waals surface area contributed by atoms with Gasteiger partial charge >= 0.3 is 51.4 Å². The summed E-state index contributed by atoms with van der Waals surface area (Å²) in [6.45, 7) is 5.58. The third-order valence-corrected chi connectivity index (χ3v) is 2.74. The Kier molecular flexibility index (Phi) is 6.82. The Labute approximate surface area is 138 Å². The van der Waals surface area contributed by atoms with Crippen LogP contribution in [0.3, 0.4) is 0 Å². The summed E-state index contributed by atoms with van der Waals surface area (Å²) in [4.78, 5) is 10.8. The molecule has 4 heteroatoms. The van der Waals surface area contributed by atoms with Gasteiger partial charge in [-0.05, 0) is 42.5 Å². The number of carboxylic acid groups (broad SMARTS) is 1. The molecule has 0 saturated heterocycles. The zero-order valence-electron chi connectivity index (χ0n) is 10.2. The van der Waals surface area contributed by atoms with Crippen LogP contribution in [-0.2, 0) is 0 Å². The predicted octanol–water partition coefficient (Wildman–Crippen LogP) is -1.42.